The Bertz CT molecular complexity index is 626. The van der Waals surface area contributed by atoms with Crippen molar-refractivity contribution >= 4 is 22.5 Å². The summed E-state index contributed by atoms with van der Waals surface area (Å²) in [6, 6.07) is 7.72. The summed E-state index contributed by atoms with van der Waals surface area (Å²) in [6.07, 6.45) is 5.03. The van der Waals surface area contributed by atoms with E-state index in [9.17, 15) is 4.79 Å². The van der Waals surface area contributed by atoms with Gasteiger partial charge in [0.25, 0.3) is 5.91 Å². The van der Waals surface area contributed by atoms with E-state index in [1.807, 2.05) is 24.3 Å². The summed E-state index contributed by atoms with van der Waals surface area (Å²) in [5.41, 5.74) is 8.02. The molecule has 1 aliphatic carbocycles. The number of carbonyl (C=O) groups excluding carboxylic acids is 1. The van der Waals surface area contributed by atoms with E-state index in [0.717, 1.165) is 10.9 Å². The number of aromatic amines is 1. The smallest absolute Gasteiger partial charge is 0.267 e. The quantitative estimate of drug-likeness (QED) is 0.751. The molecule has 20 heavy (non-hydrogen) atoms. The molecule has 4 nitrogen and oxygen atoms in total. The lowest BCUT2D eigenvalue weighted by molar-refractivity contribution is 0.0923. The third kappa shape index (κ3) is 2.50. The Morgan fingerprint density at radius 2 is 2.10 bits per heavy atom. The van der Waals surface area contributed by atoms with Crippen LogP contribution in [0.25, 0.3) is 10.9 Å². The third-order valence-electron chi connectivity index (χ3n) is 4.36. The second-order valence-electron chi connectivity index (χ2n) is 5.84. The first-order valence-electron chi connectivity index (χ1n) is 7.32. The molecule has 1 unspecified atom stereocenters. The van der Waals surface area contributed by atoms with Gasteiger partial charge in [-0.2, -0.15) is 0 Å². The Morgan fingerprint density at radius 3 is 2.85 bits per heavy atom. The molecular weight excluding hydrogens is 250 g/mol. The zero-order valence-corrected chi connectivity index (χ0v) is 11.8. The molecule has 0 bridgehead atoms. The largest absolute Gasteiger partial charge is 0.399 e. The van der Waals surface area contributed by atoms with Gasteiger partial charge >= 0.3 is 0 Å². The van der Waals surface area contributed by atoms with E-state index in [1.165, 1.54) is 25.7 Å². The van der Waals surface area contributed by atoms with E-state index in [4.69, 9.17) is 5.73 Å². The van der Waals surface area contributed by atoms with Crippen LogP contribution in [0.15, 0.2) is 24.3 Å². The average Bonchev–Trinajstić information content (AvgIpc) is 3.07. The Kier molecular flexibility index (Phi) is 3.38. The Balaban J connectivity index is 1.74. The average molecular weight is 271 g/mol. The predicted octanol–water partition coefficient (Wildman–Crippen LogP) is 3.06. The van der Waals surface area contributed by atoms with Gasteiger partial charge in [0.05, 0.1) is 0 Å². The van der Waals surface area contributed by atoms with Crippen LogP contribution in [0.1, 0.15) is 43.1 Å². The minimum atomic E-state index is -0.0285. The maximum Gasteiger partial charge on any atom is 0.267 e. The minimum Gasteiger partial charge on any atom is -0.399 e. The lowest BCUT2D eigenvalue weighted by Crippen LogP contribution is -2.37. The molecule has 4 N–H and O–H groups in total. The number of aromatic nitrogens is 1. The molecule has 106 valence electrons. The van der Waals surface area contributed by atoms with Gasteiger partial charge in [-0.05, 0) is 49.9 Å². The normalized spacial score (nSPS) is 17.4. The zero-order valence-electron chi connectivity index (χ0n) is 11.8. The maximum atomic E-state index is 12.3. The van der Waals surface area contributed by atoms with Gasteiger partial charge in [-0.25, -0.2) is 0 Å². The number of benzene rings is 1. The van der Waals surface area contributed by atoms with Crippen molar-refractivity contribution in [3.63, 3.8) is 0 Å². The molecule has 1 fully saturated rings. The van der Waals surface area contributed by atoms with Crippen molar-refractivity contribution in [2.45, 2.75) is 38.6 Å². The number of carbonyl (C=O) groups is 1. The standard InChI is InChI=1S/C16H21N3O/c1-10(11-4-2-3-5-11)18-16(20)15-9-12-8-13(17)6-7-14(12)19-15/h6-11,19H,2-5,17H2,1H3,(H,18,20). The second-order valence-corrected chi connectivity index (χ2v) is 5.84. The number of anilines is 1. The molecule has 1 aromatic heterocycles. The first kappa shape index (κ1) is 13.0. The fraction of sp³-hybridized carbons (Fsp3) is 0.438. The molecule has 3 rings (SSSR count). The molecular formula is C16H21N3O. The molecule has 4 heteroatoms. The first-order valence-corrected chi connectivity index (χ1v) is 7.32. The number of rotatable bonds is 3. The van der Waals surface area contributed by atoms with Gasteiger partial charge in [0.1, 0.15) is 5.69 Å². The van der Waals surface area contributed by atoms with Crippen LogP contribution in [0.3, 0.4) is 0 Å². The van der Waals surface area contributed by atoms with Crippen molar-refractivity contribution in [1.82, 2.24) is 10.3 Å². The van der Waals surface area contributed by atoms with Gasteiger partial charge in [0.15, 0.2) is 0 Å². The van der Waals surface area contributed by atoms with Crippen molar-refractivity contribution < 1.29 is 4.79 Å². The number of nitrogen functional groups attached to an aromatic ring is 1. The molecule has 1 aromatic carbocycles. The van der Waals surface area contributed by atoms with Crippen LogP contribution >= 0.6 is 0 Å². The predicted molar refractivity (Wildman–Crippen MR) is 81.6 cm³/mol. The van der Waals surface area contributed by atoms with E-state index in [2.05, 4.69) is 17.2 Å². The van der Waals surface area contributed by atoms with Crippen molar-refractivity contribution in [3.8, 4) is 0 Å². The Hall–Kier alpha value is -1.97. The second kappa shape index (κ2) is 5.19. The molecule has 1 atom stereocenters. The van der Waals surface area contributed by atoms with Crippen LogP contribution in [-0.4, -0.2) is 16.9 Å². The first-order chi connectivity index (χ1) is 9.63. The highest BCUT2D eigenvalue weighted by Crippen LogP contribution is 2.27. The minimum absolute atomic E-state index is 0.0285. The number of amides is 1. The lowest BCUT2D eigenvalue weighted by Gasteiger charge is -2.19. The molecule has 1 aliphatic rings. The van der Waals surface area contributed by atoms with Crippen molar-refractivity contribution in [1.29, 1.82) is 0 Å². The van der Waals surface area contributed by atoms with Crippen LogP contribution in [0, 0.1) is 5.92 Å². The van der Waals surface area contributed by atoms with Crippen LogP contribution in [-0.2, 0) is 0 Å². The summed E-state index contributed by atoms with van der Waals surface area (Å²) in [5.74, 6) is 0.596. The topological polar surface area (TPSA) is 70.9 Å². The van der Waals surface area contributed by atoms with Gasteiger partial charge in [0.2, 0.25) is 0 Å². The van der Waals surface area contributed by atoms with Crippen LogP contribution < -0.4 is 11.1 Å². The number of hydrogen-bond acceptors (Lipinski definition) is 2. The molecule has 1 amide bonds. The van der Waals surface area contributed by atoms with Crippen LogP contribution in [0.5, 0.6) is 0 Å². The van der Waals surface area contributed by atoms with Crippen LogP contribution in [0.2, 0.25) is 0 Å². The molecule has 0 aliphatic heterocycles. The Morgan fingerprint density at radius 1 is 1.35 bits per heavy atom. The lowest BCUT2D eigenvalue weighted by atomic mass is 10.00. The monoisotopic (exact) mass is 271 g/mol. The van der Waals surface area contributed by atoms with Gasteiger partial charge < -0.3 is 16.0 Å². The summed E-state index contributed by atoms with van der Waals surface area (Å²) in [4.78, 5) is 15.4. The Labute approximate surface area is 118 Å². The maximum absolute atomic E-state index is 12.3. The molecule has 1 saturated carbocycles. The van der Waals surface area contributed by atoms with Gasteiger partial charge in [-0.15, -0.1) is 0 Å². The highest BCUT2D eigenvalue weighted by Gasteiger charge is 2.23. The molecule has 0 spiro atoms. The van der Waals surface area contributed by atoms with Crippen molar-refractivity contribution in [3.05, 3.63) is 30.0 Å². The zero-order chi connectivity index (χ0) is 14.1. The number of nitrogens with one attached hydrogen (secondary N) is 2. The number of H-pyrrole nitrogens is 1. The molecule has 0 saturated heterocycles. The summed E-state index contributed by atoms with van der Waals surface area (Å²) in [6.45, 7) is 2.11. The third-order valence-corrected chi connectivity index (χ3v) is 4.36. The van der Waals surface area contributed by atoms with Gasteiger partial charge in [-0.3, -0.25) is 4.79 Å². The van der Waals surface area contributed by atoms with Gasteiger partial charge in [0, 0.05) is 22.6 Å². The summed E-state index contributed by atoms with van der Waals surface area (Å²) in [5, 5.41) is 4.09. The van der Waals surface area contributed by atoms with E-state index in [0.29, 0.717) is 17.3 Å². The van der Waals surface area contributed by atoms with Crippen molar-refractivity contribution in [2.24, 2.45) is 5.92 Å². The number of hydrogen-bond donors (Lipinski definition) is 3. The van der Waals surface area contributed by atoms with E-state index in [-0.39, 0.29) is 11.9 Å². The fourth-order valence-corrected chi connectivity index (χ4v) is 3.13. The van der Waals surface area contributed by atoms with E-state index < -0.39 is 0 Å². The summed E-state index contributed by atoms with van der Waals surface area (Å²) < 4.78 is 0. The van der Waals surface area contributed by atoms with E-state index >= 15 is 0 Å². The SMILES string of the molecule is CC(NC(=O)c1cc2cc(N)ccc2[nH]1)C1CCCC1. The summed E-state index contributed by atoms with van der Waals surface area (Å²) >= 11 is 0. The highest BCUT2D eigenvalue weighted by atomic mass is 16.1. The fourth-order valence-electron chi connectivity index (χ4n) is 3.13. The van der Waals surface area contributed by atoms with E-state index in [1.54, 1.807) is 0 Å². The van der Waals surface area contributed by atoms with Crippen molar-refractivity contribution in [2.75, 3.05) is 5.73 Å². The van der Waals surface area contributed by atoms with Gasteiger partial charge in [-0.1, -0.05) is 12.8 Å². The molecule has 0 radical (unpaired) electrons. The number of fused-ring (bicyclic) bond motifs is 1. The summed E-state index contributed by atoms with van der Waals surface area (Å²) in [7, 11) is 0. The number of nitrogens with two attached hydrogens (primary N) is 1. The highest BCUT2D eigenvalue weighted by molar-refractivity contribution is 5.98. The van der Waals surface area contributed by atoms with Crippen LogP contribution in [0.4, 0.5) is 5.69 Å². The molecule has 1 heterocycles. The molecule has 2 aromatic rings.